The molecule has 0 aliphatic rings. The van der Waals surface area contributed by atoms with E-state index in [0.717, 1.165) is 28.0 Å². The molecule has 0 bridgehead atoms. The predicted molar refractivity (Wildman–Crippen MR) is 81.4 cm³/mol. The second-order valence-corrected chi connectivity index (χ2v) is 5.17. The molecule has 0 radical (unpaired) electrons. The van der Waals surface area contributed by atoms with Gasteiger partial charge in [0.2, 0.25) is 0 Å². The number of benzene rings is 2. The monoisotopic (exact) mass is 268 g/mol. The Labute approximate surface area is 120 Å². The summed E-state index contributed by atoms with van der Waals surface area (Å²) in [5.74, 6) is 0.771. The molecule has 0 saturated carbocycles. The minimum Gasteiger partial charge on any atom is -0.488 e. The number of aryl methyl sites for hydroxylation is 2. The van der Waals surface area contributed by atoms with E-state index in [1.54, 1.807) is 6.92 Å². The molecule has 0 heterocycles. The highest BCUT2D eigenvalue weighted by Crippen LogP contribution is 2.30. The predicted octanol–water partition coefficient (Wildman–Crippen LogP) is 4.39. The Morgan fingerprint density at radius 2 is 1.70 bits per heavy atom. The number of rotatable bonds is 4. The normalized spacial score (nSPS) is 10.4. The molecule has 0 unspecified atom stereocenters. The maximum atomic E-state index is 11.9. The lowest BCUT2D eigenvalue weighted by Crippen LogP contribution is -2.07. The van der Waals surface area contributed by atoms with Crippen molar-refractivity contribution in [3.05, 3.63) is 64.2 Å². The number of Topliss-reactive ketones (excluding diaryl/α,β-unsaturated/α-hetero) is 1. The highest BCUT2D eigenvalue weighted by Gasteiger charge is 2.16. The number of carbonyl (C=O) groups excluding carboxylic acids is 1. The molecule has 0 aliphatic carbocycles. The summed E-state index contributed by atoms with van der Waals surface area (Å²) in [6, 6.07) is 12.0. The Balaban J connectivity index is 2.37. The van der Waals surface area contributed by atoms with Gasteiger partial charge in [-0.2, -0.15) is 0 Å². The van der Waals surface area contributed by atoms with Crippen LogP contribution in [-0.2, 0) is 6.61 Å². The molecule has 20 heavy (non-hydrogen) atoms. The third-order valence-corrected chi connectivity index (χ3v) is 3.56. The molecule has 2 nitrogen and oxygen atoms in total. The van der Waals surface area contributed by atoms with Crippen LogP contribution in [0.4, 0.5) is 0 Å². The van der Waals surface area contributed by atoms with Crippen LogP contribution < -0.4 is 4.74 Å². The summed E-state index contributed by atoms with van der Waals surface area (Å²) in [7, 11) is 0. The molecule has 0 aliphatic heterocycles. The minimum atomic E-state index is 0.0497. The highest BCUT2D eigenvalue weighted by molar-refractivity contribution is 5.98. The van der Waals surface area contributed by atoms with Gasteiger partial charge in [-0.05, 0) is 49.9 Å². The Morgan fingerprint density at radius 1 is 1.05 bits per heavy atom. The lowest BCUT2D eigenvalue weighted by atomic mass is 9.97. The third kappa shape index (κ3) is 2.90. The number of hydrogen-bond acceptors (Lipinski definition) is 2. The van der Waals surface area contributed by atoms with Crippen LogP contribution >= 0.6 is 0 Å². The van der Waals surface area contributed by atoms with Crippen molar-refractivity contribution in [2.75, 3.05) is 0 Å². The van der Waals surface area contributed by atoms with E-state index < -0.39 is 0 Å². The van der Waals surface area contributed by atoms with Crippen molar-refractivity contribution in [1.29, 1.82) is 0 Å². The summed E-state index contributed by atoms with van der Waals surface area (Å²) in [6.45, 7) is 8.07. The smallest absolute Gasteiger partial charge is 0.163 e. The lowest BCUT2D eigenvalue weighted by molar-refractivity contribution is 0.101. The van der Waals surface area contributed by atoms with E-state index in [1.807, 2.05) is 57.2 Å². The topological polar surface area (TPSA) is 26.3 Å². The number of ether oxygens (including phenoxy) is 1. The van der Waals surface area contributed by atoms with Crippen LogP contribution in [-0.4, -0.2) is 5.78 Å². The zero-order valence-corrected chi connectivity index (χ0v) is 12.5. The minimum absolute atomic E-state index is 0.0497. The quantitative estimate of drug-likeness (QED) is 0.768. The van der Waals surface area contributed by atoms with Gasteiger partial charge < -0.3 is 4.74 Å². The third-order valence-electron chi connectivity index (χ3n) is 3.56. The van der Waals surface area contributed by atoms with E-state index in [1.165, 1.54) is 0 Å². The molecule has 104 valence electrons. The Morgan fingerprint density at radius 3 is 2.30 bits per heavy atom. The molecule has 0 amide bonds. The summed E-state index contributed by atoms with van der Waals surface area (Å²) in [6.07, 6.45) is 0. The average Bonchev–Trinajstić information content (AvgIpc) is 2.41. The van der Waals surface area contributed by atoms with Crippen molar-refractivity contribution < 1.29 is 9.53 Å². The molecule has 2 heteroatoms. The molecule has 0 saturated heterocycles. The van der Waals surface area contributed by atoms with Gasteiger partial charge in [0.15, 0.2) is 5.78 Å². The van der Waals surface area contributed by atoms with Crippen molar-refractivity contribution in [2.45, 2.75) is 34.3 Å². The standard InChI is InChI=1S/C18H20O2/c1-12-10-13(2)17(15(4)19)18(14(12)3)20-11-16-8-6-5-7-9-16/h5-10H,11H2,1-4H3. The number of hydrogen-bond donors (Lipinski definition) is 0. The number of carbonyl (C=O) groups is 1. The first-order valence-corrected chi connectivity index (χ1v) is 6.79. The van der Waals surface area contributed by atoms with Crippen LogP contribution in [0.15, 0.2) is 36.4 Å². The van der Waals surface area contributed by atoms with Gasteiger partial charge in [0.25, 0.3) is 0 Å². The largest absolute Gasteiger partial charge is 0.488 e. The van der Waals surface area contributed by atoms with E-state index >= 15 is 0 Å². The fourth-order valence-electron chi connectivity index (χ4n) is 2.40. The number of ketones is 1. The van der Waals surface area contributed by atoms with Crippen molar-refractivity contribution in [1.82, 2.24) is 0 Å². The zero-order valence-electron chi connectivity index (χ0n) is 12.5. The van der Waals surface area contributed by atoms with Crippen LogP contribution in [0.1, 0.15) is 39.5 Å². The fourth-order valence-corrected chi connectivity index (χ4v) is 2.40. The van der Waals surface area contributed by atoms with E-state index in [9.17, 15) is 4.79 Å². The van der Waals surface area contributed by atoms with E-state index in [0.29, 0.717) is 12.2 Å². The first-order chi connectivity index (χ1) is 9.50. The second kappa shape index (κ2) is 5.91. The average molecular weight is 268 g/mol. The molecule has 2 aromatic carbocycles. The van der Waals surface area contributed by atoms with Crippen LogP contribution in [0.25, 0.3) is 0 Å². The molecule has 0 aromatic heterocycles. The van der Waals surface area contributed by atoms with Crippen LogP contribution in [0, 0.1) is 20.8 Å². The van der Waals surface area contributed by atoms with Gasteiger partial charge in [0.05, 0.1) is 5.56 Å². The van der Waals surface area contributed by atoms with E-state index in [-0.39, 0.29) is 5.78 Å². The lowest BCUT2D eigenvalue weighted by Gasteiger charge is -2.17. The van der Waals surface area contributed by atoms with Gasteiger partial charge in [-0.3, -0.25) is 4.79 Å². The molecule has 2 aromatic rings. The van der Waals surface area contributed by atoms with Crippen molar-refractivity contribution >= 4 is 5.78 Å². The zero-order chi connectivity index (χ0) is 14.7. The fraction of sp³-hybridized carbons (Fsp3) is 0.278. The molecule has 0 N–H and O–H groups in total. The SMILES string of the molecule is CC(=O)c1c(C)cc(C)c(C)c1OCc1ccccc1. The van der Waals surface area contributed by atoms with Gasteiger partial charge in [0, 0.05) is 0 Å². The molecule has 0 atom stereocenters. The second-order valence-electron chi connectivity index (χ2n) is 5.17. The summed E-state index contributed by atoms with van der Waals surface area (Å²) < 4.78 is 5.96. The van der Waals surface area contributed by atoms with Crippen molar-refractivity contribution in [2.24, 2.45) is 0 Å². The van der Waals surface area contributed by atoms with Gasteiger partial charge in [-0.25, -0.2) is 0 Å². The Bertz CT molecular complexity index is 628. The summed E-state index contributed by atoms with van der Waals surface area (Å²) in [4.78, 5) is 11.9. The van der Waals surface area contributed by atoms with Gasteiger partial charge in [0.1, 0.15) is 12.4 Å². The van der Waals surface area contributed by atoms with Gasteiger partial charge in [-0.1, -0.05) is 36.4 Å². The maximum absolute atomic E-state index is 11.9. The highest BCUT2D eigenvalue weighted by atomic mass is 16.5. The molecule has 0 fully saturated rings. The van der Waals surface area contributed by atoms with Crippen LogP contribution in [0.3, 0.4) is 0 Å². The van der Waals surface area contributed by atoms with Crippen LogP contribution in [0.2, 0.25) is 0 Å². The first kappa shape index (κ1) is 14.3. The molecular weight excluding hydrogens is 248 g/mol. The van der Waals surface area contributed by atoms with E-state index in [2.05, 4.69) is 0 Å². The summed E-state index contributed by atoms with van der Waals surface area (Å²) >= 11 is 0. The summed E-state index contributed by atoms with van der Waals surface area (Å²) in [5.41, 5.74) is 4.96. The van der Waals surface area contributed by atoms with Gasteiger partial charge >= 0.3 is 0 Å². The molecular formula is C18H20O2. The Hall–Kier alpha value is -2.09. The maximum Gasteiger partial charge on any atom is 0.163 e. The summed E-state index contributed by atoms with van der Waals surface area (Å²) in [5, 5.41) is 0. The molecule has 0 spiro atoms. The van der Waals surface area contributed by atoms with Gasteiger partial charge in [-0.15, -0.1) is 0 Å². The van der Waals surface area contributed by atoms with Crippen LogP contribution in [0.5, 0.6) is 5.75 Å². The van der Waals surface area contributed by atoms with E-state index in [4.69, 9.17) is 4.74 Å². The molecule has 2 rings (SSSR count). The van der Waals surface area contributed by atoms with Crippen molar-refractivity contribution in [3.8, 4) is 5.75 Å². The van der Waals surface area contributed by atoms with Crippen molar-refractivity contribution in [3.63, 3.8) is 0 Å². The Kier molecular flexibility index (Phi) is 4.23. The first-order valence-electron chi connectivity index (χ1n) is 6.79.